The Hall–Kier alpha value is -0.750. The molecule has 0 aromatic heterocycles. The third-order valence-electron chi connectivity index (χ3n) is 2.36. The fourth-order valence-electron chi connectivity index (χ4n) is 1.16. The first-order chi connectivity index (χ1) is 9.17. The van der Waals surface area contributed by atoms with Crippen molar-refractivity contribution in [2.75, 3.05) is 5.32 Å². The highest BCUT2D eigenvalue weighted by molar-refractivity contribution is 7.97. The van der Waals surface area contributed by atoms with Crippen LogP contribution in [0.1, 0.15) is 13.8 Å². The second-order valence-electron chi connectivity index (χ2n) is 4.12. The lowest BCUT2D eigenvalue weighted by Gasteiger charge is -2.10. The number of anilines is 1. The van der Waals surface area contributed by atoms with Gasteiger partial charge in [0.05, 0.1) is 16.0 Å². The van der Waals surface area contributed by atoms with E-state index in [1.165, 1.54) is 13.8 Å². The van der Waals surface area contributed by atoms with E-state index in [1.54, 1.807) is 24.3 Å². The van der Waals surface area contributed by atoms with Gasteiger partial charge in [-0.2, -0.15) is 0 Å². The minimum atomic E-state index is -3.80. The summed E-state index contributed by atoms with van der Waals surface area (Å²) in [5.41, 5.74) is 0.309. The number of nitrogens with one attached hydrogen (secondary N) is 1. The van der Waals surface area contributed by atoms with E-state index < -0.39 is 30.4 Å². The van der Waals surface area contributed by atoms with Crippen molar-refractivity contribution in [3.63, 3.8) is 0 Å². The van der Waals surface area contributed by atoms with Crippen molar-refractivity contribution in [1.29, 1.82) is 0 Å². The molecule has 1 rings (SSSR count). The summed E-state index contributed by atoms with van der Waals surface area (Å²) in [6.45, 7) is 2.88. The number of halogens is 3. The predicted octanol–water partition coefficient (Wildman–Crippen LogP) is 3.75. The van der Waals surface area contributed by atoms with E-state index >= 15 is 0 Å². The average Bonchev–Trinajstić information content (AvgIpc) is 2.39. The Morgan fingerprint density at radius 1 is 1.20 bits per heavy atom. The van der Waals surface area contributed by atoms with Crippen LogP contribution in [0, 0.1) is 0 Å². The molecule has 1 aromatic carbocycles. The molecular formula is C12H12Cl3NO3S. The fourth-order valence-corrected chi connectivity index (χ4v) is 3.09. The normalized spacial score (nSPS) is 13.1. The molecule has 1 amide bonds. The maximum Gasteiger partial charge on any atom is 0.269 e. The smallest absolute Gasteiger partial charge is 0.269 e. The van der Waals surface area contributed by atoms with Gasteiger partial charge in [-0.05, 0) is 26.0 Å². The van der Waals surface area contributed by atoms with Gasteiger partial charge in [-0.1, -0.05) is 46.9 Å². The van der Waals surface area contributed by atoms with Crippen LogP contribution in [0.15, 0.2) is 33.7 Å². The van der Waals surface area contributed by atoms with Gasteiger partial charge in [-0.25, -0.2) is 8.42 Å². The van der Waals surface area contributed by atoms with Gasteiger partial charge in [-0.3, -0.25) is 4.79 Å². The molecule has 20 heavy (non-hydrogen) atoms. The van der Waals surface area contributed by atoms with Crippen LogP contribution in [-0.2, 0) is 14.6 Å². The van der Waals surface area contributed by atoms with E-state index in [-0.39, 0.29) is 0 Å². The number of amides is 1. The minimum Gasteiger partial charge on any atom is -0.320 e. The van der Waals surface area contributed by atoms with E-state index in [0.29, 0.717) is 10.7 Å². The molecule has 1 aromatic rings. The Morgan fingerprint density at radius 2 is 1.75 bits per heavy atom. The standard InChI is InChI=1S/C12H12Cl3NO3S/c1-7(2)20(18,19)11(15)10(14)12(17)16-9-6-4-3-5-8(9)13/h3-7H,1-2H3,(H,16,17)/b11-10-. The molecule has 0 aliphatic rings. The lowest BCUT2D eigenvalue weighted by Crippen LogP contribution is -2.19. The summed E-state index contributed by atoms with van der Waals surface area (Å²) in [4.78, 5) is 11.9. The Morgan fingerprint density at radius 3 is 2.25 bits per heavy atom. The number of rotatable bonds is 4. The molecule has 0 fully saturated rings. The summed E-state index contributed by atoms with van der Waals surface area (Å²) in [6.07, 6.45) is 0. The number of hydrogen-bond donors (Lipinski definition) is 1. The molecule has 8 heteroatoms. The SMILES string of the molecule is CC(C)S(=O)(=O)/C(Cl)=C(\Cl)C(=O)Nc1ccccc1Cl. The van der Waals surface area contributed by atoms with Gasteiger partial charge in [0.1, 0.15) is 5.03 Å². The first kappa shape index (κ1) is 17.3. The van der Waals surface area contributed by atoms with E-state index in [1.807, 2.05) is 0 Å². The van der Waals surface area contributed by atoms with E-state index in [2.05, 4.69) is 5.32 Å². The number of sulfone groups is 1. The lowest BCUT2D eigenvalue weighted by molar-refractivity contribution is -0.112. The van der Waals surface area contributed by atoms with E-state index in [0.717, 1.165) is 0 Å². The summed E-state index contributed by atoms with van der Waals surface area (Å²) in [7, 11) is -3.80. The molecule has 0 saturated heterocycles. The predicted molar refractivity (Wildman–Crippen MR) is 82.9 cm³/mol. The topological polar surface area (TPSA) is 63.2 Å². The van der Waals surface area contributed by atoms with Gasteiger partial charge in [0.15, 0.2) is 14.2 Å². The zero-order chi connectivity index (χ0) is 15.5. The number of carbonyl (C=O) groups excluding carboxylic acids is 1. The first-order valence-electron chi connectivity index (χ1n) is 5.53. The second kappa shape index (κ2) is 6.80. The molecule has 4 nitrogen and oxygen atoms in total. The quantitative estimate of drug-likeness (QED) is 0.836. The molecule has 0 aliphatic heterocycles. The molecule has 0 radical (unpaired) electrons. The molecule has 0 bridgehead atoms. The van der Waals surface area contributed by atoms with Crippen LogP contribution in [0.5, 0.6) is 0 Å². The number of hydrogen-bond acceptors (Lipinski definition) is 3. The van der Waals surface area contributed by atoms with Crippen molar-refractivity contribution in [3.05, 3.63) is 38.7 Å². The van der Waals surface area contributed by atoms with Crippen LogP contribution < -0.4 is 5.32 Å². The Kier molecular flexibility index (Phi) is 5.89. The highest BCUT2D eigenvalue weighted by Gasteiger charge is 2.26. The van der Waals surface area contributed by atoms with E-state index in [4.69, 9.17) is 34.8 Å². The van der Waals surface area contributed by atoms with Crippen LogP contribution in [0.4, 0.5) is 5.69 Å². The largest absolute Gasteiger partial charge is 0.320 e. The van der Waals surface area contributed by atoms with Crippen LogP contribution in [0.3, 0.4) is 0 Å². The average molecular weight is 357 g/mol. The fraction of sp³-hybridized carbons (Fsp3) is 0.250. The van der Waals surface area contributed by atoms with Gasteiger partial charge in [0.25, 0.3) is 5.91 Å². The van der Waals surface area contributed by atoms with Crippen molar-refractivity contribution in [3.8, 4) is 0 Å². The summed E-state index contributed by atoms with van der Waals surface area (Å²) < 4.78 is 22.9. The van der Waals surface area contributed by atoms with Gasteiger partial charge >= 0.3 is 0 Å². The summed E-state index contributed by atoms with van der Waals surface area (Å²) in [5, 5.41) is 1.31. The van der Waals surface area contributed by atoms with Gasteiger partial charge in [0, 0.05) is 0 Å². The van der Waals surface area contributed by atoms with Crippen molar-refractivity contribution >= 4 is 56.2 Å². The zero-order valence-electron chi connectivity index (χ0n) is 10.7. The van der Waals surface area contributed by atoms with Gasteiger partial charge < -0.3 is 5.32 Å². The molecule has 1 N–H and O–H groups in total. The molecule has 0 atom stereocenters. The monoisotopic (exact) mass is 355 g/mol. The number of carbonyl (C=O) groups is 1. The van der Waals surface area contributed by atoms with Crippen molar-refractivity contribution in [2.45, 2.75) is 19.1 Å². The van der Waals surface area contributed by atoms with Crippen LogP contribution in [0.2, 0.25) is 5.02 Å². The summed E-state index contributed by atoms with van der Waals surface area (Å²) in [5.74, 6) is -0.839. The summed E-state index contributed by atoms with van der Waals surface area (Å²) >= 11 is 17.3. The molecule has 0 saturated carbocycles. The minimum absolute atomic E-state index is 0.299. The Balaban J connectivity index is 3.07. The van der Waals surface area contributed by atoms with Gasteiger partial charge in [0.2, 0.25) is 0 Å². The number of benzene rings is 1. The third-order valence-corrected chi connectivity index (χ3v) is 6.04. The maximum absolute atomic E-state index is 11.9. The van der Waals surface area contributed by atoms with Crippen LogP contribution in [-0.4, -0.2) is 19.6 Å². The maximum atomic E-state index is 11.9. The van der Waals surface area contributed by atoms with Crippen molar-refractivity contribution in [1.82, 2.24) is 0 Å². The summed E-state index contributed by atoms with van der Waals surface area (Å²) in [6, 6.07) is 6.47. The molecule has 0 aliphatic carbocycles. The zero-order valence-corrected chi connectivity index (χ0v) is 13.7. The third kappa shape index (κ3) is 3.88. The highest BCUT2D eigenvalue weighted by Crippen LogP contribution is 2.26. The van der Waals surface area contributed by atoms with Crippen molar-refractivity contribution in [2.24, 2.45) is 0 Å². The molecule has 110 valence electrons. The van der Waals surface area contributed by atoms with Crippen LogP contribution >= 0.6 is 34.8 Å². The first-order valence-corrected chi connectivity index (χ1v) is 8.21. The Labute approximate surface area is 132 Å². The molecule has 0 heterocycles. The molecule has 0 spiro atoms. The van der Waals surface area contributed by atoms with Crippen molar-refractivity contribution < 1.29 is 13.2 Å². The highest BCUT2D eigenvalue weighted by atomic mass is 35.5. The second-order valence-corrected chi connectivity index (χ2v) is 7.94. The number of para-hydroxylation sites is 1. The molecule has 0 unspecified atom stereocenters. The lowest BCUT2D eigenvalue weighted by atomic mass is 10.3. The molecular weight excluding hydrogens is 345 g/mol. The Bertz CT molecular complexity index is 654. The van der Waals surface area contributed by atoms with E-state index in [9.17, 15) is 13.2 Å². The van der Waals surface area contributed by atoms with Gasteiger partial charge in [-0.15, -0.1) is 0 Å². The van der Waals surface area contributed by atoms with Crippen LogP contribution in [0.25, 0.3) is 0 Å².